The average Bonchev–Trinajstić information content (AvgIpc) is 2.01. The van der Waals surface area contributed by atoms with Crippen molar-refractivity contribution in [1.29, 1.82) is 0 Å². The zero-order chi connectivity index (χ0) is 10.7. The van der Waals surface area contributed by atoms with E-state index in [1.165, 1.54) is 0 Å². The van der Waals surface area contributed by atoms with Crippen LogP contribution < -0.4 is 5.73 Å². The van der Waals surface area contributed by atoms with Gasteiger partial charge in [-0.1, -0.05) is 11.6 Å². The van der Waals surface area contributed by atoms with Gasteiger partial charge in [0.25, 0.3) is 0 Å². The van der Waals surface area contributed by atoms with Gasteiger partial charge in [0.05, 0.1) is 11.1 Å². The van der Waals surface area contributed by atoms with E-state index >= 15 is 0 Å². The molecule has 0 bridgehead atoms. The smallest absolute Gasteiger partial charge is 0.123 e. The second-order valence-corrected chi connectivity index (χ2v) is 3.68. The van der Waals surface area contributed by atoms with Crippen molar-refractivity contribution in [2.45, 2.75) is 19.4 Å². The van der Waals surface area contributed by atoms with Gasteiger partial charge in [-0.2, -0.15) is 0 Å². The standard InChI is InChI=1S/C10H14ClNO2/c1-6-4-7(11)10(9(14)5-6)8(13)2-3-12/h4-5,8,13-14H,2-3,12H2,1H3. The molecule has 1 rings (SSSR count). The lowest BCUT2D eigenvalue weighted by Crippen LogP contribution is -2.07. The summed E-state index contributed by atoms with van der Waals surface area (Å²) < 4.78 is 0. The number of aliphatic hydroxyl groups is 1. The molecule has 1 unspecified atom stereocenters. The maximum absolute atomic E-state index is 9.65. The number of phenolic OH excluding ortho intramolecular Hbond substituents is 1. The van der Waals surface area contributed by atoms with Gasteiger partial charge in [0.15, 0.2) is 0 Å². The quantitative estimate of drug-likeness (QED) is 0.720. The molecule has 1 aromatic carbocycles. The van der Waals surface area contributed by atoms with Crippen LogP contribution in [0.4, 0.5) is 0 Å². The third-order valence-corrected chi connectivity index (χ3v) is 2.34. The Bertz CT molecular complexity index is 305. The fourth-order valence-electron chi connectivity index (χ4n) is 1.37. The lowest BCUT2D eigenvalue weighted by atomic mass is 10.0. The first kappa shape index (κ1) is 11.3. The zero-order valence-electron chi connectivity index (χ0n) is 8.00. The molecule has 0 heterocycles. The Kier molecular flexibility index (Phi) is 3.75. The Morgan fingerprint density at radius 3 is 2.64 bits per heavy atom. The fraction of sp³-hybridized carbons (Fsp3) is 0.400. The van der Waals surface area contributed by atoms with Crippen LogP contribution in [0, 0.1) is 6.92 Å². The van der Waals surface area contributed by atoms with Crippen molar-refractivity contribution in [2.75, 3.05) is 6.54 Å². The van der Waals surface area contributed by atoms with Crippen molar-refractivity contribution in [3.05, 3.63) is 28.3 Å². The molecule has 0 radical (unpaired) electrons. The zero-order valence-corrected chi connectivity index (χ0v) is 8.75. The van der Waals surface area contributed by atoms with Gasteiger partial charge in [-0.15, -0.1) is 0 Å². The predicted molar refractivity (Wildman–Crippen MR) is 56.5 cm³/mol. The van der Waals surface area contributed by atoms with Crippen LogP contribution in [0.3, 0.4) is 0 Å². The molecule has 14 heavy (non-hydrogen) atoms. The summed E-state index contributed by atoms with van der Waals surface area (Å²) in [5.74, 6) is 0.0240. The molecule has 0 fully saturated rings. The fourth-order valence-corrected chi connectivity index (χ4v) is 1.76. The minimum absolute atomic E-state index is 0.0240. The molecule has 0 saturated heterocycles. The van der Waals surface area contributed by atoms with Crippen LogP contribution in [0.15, 0.2) is 12.1 Å². The van der Waals surface area contributed by atoms with Crippen LogP contribution in [-0.4, -0.2) is 16.8 Å². The molecule has 78 valence electrons. The summed E-state index contributed by atoms with van der Waals surface area (Å²) in [6.45, 7) is 2.18. The highest BCUT2D eigenvalue weighted by molar-refractivity contribution is 6.31. The number of halogens is 1. The van der Waals surface area contributed by atoms with Crippen LogP contribution in [0.2, 0.25) is 5.02 Å². The summed E-state index contributed by atoms with van der Waals surface area (Å²) >= 11 is 5.90. The summed E-state index contributed by atoms with van der Waals surface area (Å²) in [6.07, 6.45) is -0.413. The van der Waals surface area contributed by atoms with Gasteiger partial charge in [-0.25, -0.2) is 0 Å². The van der Waals surface area contributed by atoms with Crippen LogP contribution in [0.1, 0.15) is 23.7 Å². The van der Waals surface area contributed by atoms with E-state index in [9.17, 15) is 10.2 Å². The van der Waals surface area contributed by atoms with Crippen molar-refractivity contribution in [3.63, 3.8) is 0 Å². The Labute approximate surface area is 88.1 Å². The Balaban J connectivity index is 3.07. The van der Waals surface area contributed by atoms with E-state index in [0.29, 0.717) is 23.6 Å². The number of hydrogen-bond donors (Lipinski definition) is 3. The first-order chi connectivity index (χ1) is 6.56. The van der Waals surface area contributed by atoms with Crippen molar-refractivity contribution < 1.29 is 10.2 Å². The Morgan fingerprint density at radius 1 is 1.50 bits per heavy atom. The maximum Gasteiger partial charge on any atom is 0.123 e. The maximum atomic E-state index is 9.65. The van der Waals surface area contributed by atoms with Crippen molar-refractivity contribution in [1.82, 2.24) is 0 Å². The number of rotatable bonds is 3. The molecule has 0 aliphatic carbocycles. The average molecular weight is 216 g/mol. The third kappa shape index (κ3) is 2.38. The van der Waals surface area contributed by atoms with E-state index in [0.717, 1.165) is 5.56 Å². The second kappa shape index (κ2) is 4.64. The molecule has 1 aromatic rings. The molecular formula is C10H14ClNO2. The summed E-state index contributed by atoms with van der Waals surface area (Å²) in [5.41, 5.74) is 6.53. The molecule has 0 saturated carbocycles. The third-order valence-electron chi connectivity index (χ3n) is 2.03. The molecule has 4 heteroatoms. The second-order valence-electron chi connectivity index (χ2n) is 3.27. The van der Waals surface area contributed by atoms with E-state index in [-0.39, 0.29) is 5.75 Å². The summed E-state index contributed by atoms with van der Waals surface area (Å²) in [6, 6.07) is 3.28. The SMILES string of the molecule is Cc1cc(O)c(C(O)CCN)c(Cl)c1. The van der Waals surface area contributed by atoms with Crippen molar-refractivity contribution in [3.8, 4) is 5.75 Å². The number of aromatic hydroxyl groups is 1. The summed E-state index contributed by atoms with van der Waals surface area (Å²) in [5, 5.41) is 19.6. The van der Waals surface area contributed by atoms with Crippen molar-refractivity contribution in [2.24, 2.45) is 5.73 Å². The van der Waals surface area contributed by atoms with Crippen LogP contribution in [0.5, 0.6) is 5.75 Å². The number of benzene rings is 1. The number of phenols is 1. The molecule has 0 spiro atoms. The summed E-state index contributed by atoms with van der Waals surface area (Å²) in [4.78, 5) is 0. The highest BCUT2D eigenvalue weighted by atomic mass is 35.5. The lowest BCUT2D eigenvalue weighted by Gasteiger charge is -2.14. The van der Waals surface area contributed by atoms with Gasteiger partial charge in [0.2, 0.25) is 0 Å². The normalized spacial score (nSPS) is 12.9. The Morgan fingerprint density at radius 2 is 2.14 bits per heavy atom. The minimum Gasteiger partial charge on any atom is -0.508 e. The number of hydrogen-bond acceptors (Lipinski definition) is 3. The minimum atomic E-state index is -0.798. The van der Waals surface area contributed by atoms with Gasteiger partial charge in [-0.3, -0.25) is 0 Å². The number of aryl methyl sites for hydroxylation is 1. The van der Waals surface area contributed by atoms with Gasteiger partial charge >= 0.3 is 0 Å². The first-order valence-corrected chi connectivity index (χ1v) is 4.81. The van der Waals surface area contributed by atoms with E-state index < -0.39 is 6.10 Å². The monoisotopic (exact) mass is 215 g/mol. The molecule has 3 nitrogen and oxygen atoms in total. The molecule has 1 atom stereocenters. The van der Waals surface area contributed by atoms with E-state index in [2.05, 4.69) is 0 Å². The predicted octanol–water partition coefficient (Wildman–Crippen LogP) is 1.74. The van der Waals surface area contributed by atoms with Gasteiger partial charge < -0.3 is 15.9 Å². The van der Waals surface area contributed by atoms with Gasteiger partial charge in [0.1, 0.15) is 5.75 Å². The van der Waals surface area contributed by atoms with E-state index in [4.69, 9.17) is 17.3 Å². The van der Waals surface area contributed by atoms with Crippen LogP contribution >= 0.6 is 11.6 Å². The molecular weight excluding hydrogens is 202 g/mol. The molecule has 0 aliphatic rings. The van der Waals surface area contributed by atoms with Crippen molar-refractivity contribution >= 4 is 11.6 Å². The van der Waals surface area contributed by atoms with Crippen LogP contribution in [0.25, 0.3) is 0 Å². The highest BCUT2D eigenvalue weighted by Gasteiger charge is 2.15. The van der Waals surface area contributed by atoms with Gasteiger partial charge in [-0.05, 0) is 37.6 Å². The van der Waals surface area contributed by atoms with E-state index in [1.807, 2.05) is 6.92 Å². The number of aliphatic hydroxyl groups excluding tert-OH is 1. The highest BCUT2D eigenvalue weighted by Crippen LogP contribution is 2.33. The molecule has 0 amide bonds. The van der Waals surface area contributed by atoms with E-state index in [1.54, 1.807) is 12.1 Å². The summed E-state index contributed by atoms with van der Waals surface area (Å²) in [7, 11) is 0. The molecule has 4 N–H and O–H groups in total. The van der Waals surface area contributed by atoms with Crippen LogP contribution in [-0.2, 0) is 0 Å². The lowest BCUT2D eigenvalue weighted by molar-refractivity contribution is 0.166. The molecule has 0 aliphatic heterocycles. The number of nitrogens with two attached hydrogens (primary N) is 1. The molecule has 0 aromatic heterocycles. The first-order valence-electron chi connectivity index (χ1n) is 4.43. The topological polar surface area (TPSA) is 66.5 Å². The Hall–Kier alpha value is -0.770. The van der Waals surface area contributed by atoms with Gasteiger partial charge in [0, 0.05) is 5.56 Å². The largest absolute Gasteiger partial charge is 0.508 e.